The second-order valence-electron chi connectivity index (χ2n) is 4.44. The molecule has 2 aliphatic heterocycles. The second kappa shape index (κ2) is 4.50. The summed E-state index contributed by atoms with van der Waals surface area (Å²) >= 11 is 1.95. The van der Waals surface area contributed by atoms with Gasteiger partial charge in [0.15, 0.2) is 11.5 Å². The normalized spacial score (nSPS) is 24.2. The maximum atomic E-state index is 12.8. The maximum absolute atomic E-state index is 12.8. The van der Waals surface area contributed by atoms with E-state index in [1.807, 2.05) is 11.8 Å². The highest BCUT2D eigenvalue weighted by atomic mass is 32.2. The second-order valence-corrected chi connectivity index (χ2v) is 5.59. The first kappa shape index (κ1) is 11.9. The van der Waals surface area contributed by atoms with Crippen molar-refractivity contribution in [2.45, 2.75) is 12.7 Å². The van der Waals surface area contributed by atoms with Gasteiger partial charge in [-0.2, -0.15) is 11.8 Å². The molecule has 1 saturated heterocycles. The van der Waals surface area contributed by atoms with Gasteiger partial charge in [-0.3, -0.25) is 0 Å². The van der Waals surface area contributed by atoms with Gasteiger partial charge >= 0.3 is 6.29 Å². The molecule has 6 heteroatoms. The molecule has 2 heterocycles. The third-order valence-corrected chi connectivity index (χ3v) is 4.25. The lowest BCUT2D eigenvalue weighted by Crippen LogP contribution is -2.25. The van der Waals surface area contributed by atoms with E-state index < -0.39 is 6.29 Å². The van der Waals surface area contributed by atoms with Crippen LogP contribution >= 0.6 is 11.8 Å². The first-order valence-corrected chi connectivity index (χ1v) is 6.99. The monoisotopic (exact) mass is 273 g/mol. The third kappa shape index (κ3) is 2.48. The minimum atomic E-state index is -3.54. The molecule has 0 radical (unpaired) electrons. The van der Waals surface area contributed by atoms with Crippen LogP contribution in [0.4, 0.5) is 14.5 Å². The van der Waals surface area contributed by atoms with Crippen molar-refractivity contribution in [2.75, 3.05) is 23.4 Å². The molecule has 1 atom stereocenters. The highest BCUT2D eigenvalue weighted by Crippen LogP contribution is 2.42. The molecule has 0 amide bonds. The van der Waals surface area contributed by atoms with Crippen LogP contribution in [-0.2, 0) is 0 Å². The molecule has 1 fully saturated rings. The van der Waals surface area contributed by atoms with E-state index in [0.717, 1.165) is 18.0 Å². The fourth-order valence-corrected chi connectivity index (χ4v) is 3.35. The van der Waals surface area contributed by atoms with E-state index in [4.69, 9.17) is 0 Å². The van der Waals surface area contributed by atoms with Crippen molar-refractivity contribution in [3.8, 4) is 11.5 Å². The van der Waals surface area contributed by atoms with Gasteiger partial charge in [-0.05, 0) is 36.0 Å². The molecule has 98 valence electrons. The molecule has 1 aromatic carbocycles. The Labute approximate surface area is 108 Å². The molecule has 2 aliphatic rings. The SMILES string of the molecule is FC1(F)Oc2ccc(NCC3CCSC3)cc2O1. The summed E-state index contributed by atoms with van der Waals surface area (Å²) in [6.07, 6.45) is -2.33. The lowest BCUT2D eigenvalue weighted by molar-refractivity contribution is -0.286. The molecular formula is C12H13F2NO2S. The topological polar surface area (TPSA) is 30.5 Å². The molecule has 0 bridgehead atoms. The van der Waals surface area contributed by atoms with Crippen molar-refractivity contribution in [3.05, 3.63) is 18.2 Å². The van der Waals surface area contributed by atoms with Crippen molar-refractivity contribution >= 4 is 17.4 Å². The Hall–Kier alpha value is -1.17. The molecule has 1 aromatic rings. The van der Waals surface area contributed by atoms with Crippen molar-refractivity contribution in [1.82, 2.24) is 0 Å². The molecule has 0 aliphatic carbocycles. The van der Waals surface area contributed by atoms with E-state index in [-0.39, 0.29) is 11.5 Å². The van der Waals surface area contributed by atoms with Gasteiger partial charge in [0.25, 0.3) is 0 Å². The number of benzene rings is 1. The Balaban J connectivity index is 1.64. The van der Waals surface area contributed by atoms with Crippen molar-refractivity contribution in [1.29, 1.82) is 0 Å². The van der Waals surface area contributed by atoms with Crippen LogP contribution in [0.3, 0.4) is 0 Å². The highest BCUT2D eigenvalue weighted by molar-refractivity contribution is 7.99. The lowest BCUT2D eigenvalue weighted by Gasteiger charge is -2.11. The summed E-state index contributed by atoms with van der Waals surface area (Å²) in [5.41, 5.74) is 0.784. The van der Waals surface area contributed by atoms with Crippen LogP contribution in [0.2, 0.25) is 0 Å². The number of fused-ring (bicyclic) bond motifs is 1. The first-order valence-electron chi connectivity index (χ1n) is 5.84. The van der Waals surface area contributed by atoms with Gasteiger partial charge < -0.3 is 14.8 Å². The molecule has 1 unspecified atom stereocenters. The predicted molar refractivity (Wildman–Crippen MR) is 66.6 cm³/mol. The zero-order chi connectivity index (χ0) is 12.6. The quantitative estimate of drug-likeness (QED) is 0.916. The van der Waals surface area contributed by atoms with Gasteiger partial charge in [0.2, 0.25) is 0 Å². The summed E-state index contributed by atoms with van der Waals surface area (Å²) in [6.45, 7) is 0.864. The van der Waals surface area contributed by atoms with E-state index in [9.17, 15) is 8.78 Å². The summed E-state index contributed by atoms with van der Waals surface area (Å²) in [5.74, 6) is 3.20. The molecular weight excluding hydrogens is 260 g/mol. The van der Waals surface area contributed by atoms with Crippen molar-refractivity contribution in [2.24, 2.45) is 5.92 Å². The van der Waals surface area contributed by atoms with Gasteiger partial charge in [0.05, 0.1) is 0 Å². The number of rotatable bonds is 3. The number of hydrogen-bond donors (Lipinski definition) is 1. The molecule has 18 heavy (non-hydrogen) atoms. The Kier molecular flexibility index (Phi) is 2.97. The first-order chi connectivity index (χ1) is 8.62. The van der Waals surface area contributed by atoms with Crippen LogP contribution in [0, 0.1) is 5.92 Å². The zero-order valence-electron chi connectivity index (χ0n) is 9.62. The number of anilines is 1. The largest absolute Gasteiger partial charge is 0.586 e. The van der Waals surface area contributed by atoms with Crippen LogP contribution in [0.5, 0.6) is 11.5 Å². The summed E-state index contributed by atoms with van der Waals surface area (Å²) in [4.78, 5) is 0. The molecule has 3 rings (SSSR count). The number of nitrogens with one attached hydrogen (secondary N) is 1. The van der Waals surface area contributed by atoms with Crippen molar-refractivity contribution < 1.29 is 18.3 Å². The summed E-state index contributed by atoms with van der Waals surface area (Å²) in [7, 11) is 0. The summed E-state index contributed by atoms with van der Waals surface area (Å²) in [5, 5.41) is 3.25. The summed E-state index contributed by atoms with van der Waals surface area (Å²) < 4.78 is 34.4. The standard InChI is InChI=1S/C12H13F2NO2S/c13-12(14)16-10-2-1-9(5-11(10)17-12)15-6-8-3-4-18-7-8/h1-2,5,8,15H,3-4,6-7H2. The van der Waals surface area contributed by atoms with Crippen LogP contribution < -0.4 is 14.8 Å². The molecule has 0 saturated carbocycles. The Bertz CT molecular complexity index is 450. The van der Waals surface area contributed by atoms with Crippen LogP contribution in [-0.4, -0.2) is 24.3 Å². The van der Waals surface area contributed by atoms with Crippen LogP contribution in [0.1, 0.15) is 6.42 Å². The Morgan fingerprint density at radius 3 is 2.94 bits per heavy atom. The Morgan fingerprint density at radius 2 is 2.17 bits per heavy atom. The van der Waals surface area contributed by atoms with Gasteiger partial charge in [-0.25, -0.2) is 0 Å². The fraction of sp³-hybridized carbons (Fsp3) is 0.500. The van der Waals surface area contributed by atoms with E-state index in [1.165, 1.54) is 18.2 Å². The number of alkyl halides is 2. The minimum absolute atomic E-state index is 0.0852. The lowest BCUT2D eigenvalue weighted by atomic mass is 10.1. The average Bonchev–Trinajstić information content (AvgIpc) is 2.90. The van der Waals surface area contributed by atoms with E-state index in [0.29, 0.717) is 5.92 Å². The smallest absolute Gasteiger partial charge is 0.395 e. The van der Waals surface area contributed by atoms with Gasteiger partial charge in [-0.1, -0.05) is 0 Å². The zero-order valence-corrected chi connectivity index (χ0v) is 10.4. The molecule has 0 spiro atoms. The van der Waals surface area contributed by atoms with E-state index in [2.05, 4.69) is 14.8 Å². The summed E-state index contributed by atoms with van der Waals surface area (Å²) in [6, 6.07) is 4.78. The molecule has 3 nitrogen and oxygen atoms in total. The highest BCUT2D eigenvalue weighted by Gasteiger charge is 2.43. The van der Waals surface area contributed by atoms with E-state index >= 15 is 0 Å². The number of thioether (sulfide) groups is 1. The van der Waals surface area contributed by atoms with Crippen LogP contribution in [0.25, 0.3) is 0 Å². The predicted octanol–water partition coefficient (Wildman–Crippen LogP) is 3.17. The third-order valence-electron chi connectivity index (χ3n) is 3.02. The van der Waals surface area contributed by atoms with E-state index in [1.54, 1.807) is 12.1 Å². The van der Waals surface area contributed by atoms with Gasteiger partial charge in [0.1, 0.15) is 0 Å². The maximum Gasteiger partial charge on any atom is 0.586 e. The molecule has 0 aromatic heterocycles. The number of halogens is 2. The number of ether oxygens (including phenoxy) is 2. The minimum Gasteiger partial charge on any atom is -0.395 e. The average molecular weight is 273 g/mol. The van der Waals surface area contributed by atoms with Gasteiger partial charge in [0, 0.05) is 18.3 Å². The fourth-order valence-electron chi connectivity index (χ4n) is 2.07. The van der Waals surface area contributed by atoms with Gasteiger partial charge in [-0.15, -0.1) is 8.78 Å². The van der Waals surface area contributed by atoms with Crippen molar-refractivity contribution in [3.63, 3.8) is 0 Å². The van der Waals surface area contributed by atoms with Crippen LogP contribution in [0.15, 0.2) is 18.2 Å². The number of hydrogen-bond acceptors (Lipinski definition) is 4. The Morgan fingerprint density at radius 1 is 1.33 bits per heavy atom. The molecule has 1 N–H and O–H groups in total.